The van der Waals surface area contributed by atoms with Crippen LogP contribution in [0, 0.1) is 11.3 Å². The second-order valence-electron chi connectivity index (χ2n) is 3.59. The molecule has 0 saturated carbocycles. The first-order valence-electron chi connectivity index (χ1n) is 5.31. The average Bonchev–Trinajstić information content (AvgIpc) is 2.40. The van der Waals surface area contributed by atoms with Gasteiger partial charge >= 0.3 is 6.36 Å². The number of halogens is 3. The topological polar surface area (TPSA) is 70.8 Å². The molecule has 0 bridgehead atoms. The molecule has 5 nitrogen and oxygen atoms in total. The molecule has 2 aromatic rings. The molecular formula is C12H7F3N4O. The van der Waals surface area contributed by atoms with Crippen molar-refractivity contribution in [2.75, 3.05) is 5.32 Å². The third-order valence-corrected chi connectivity index (χ3v) is 2.18. The van der Waals surface area contributed by atoms with Crippen molar-refractivity contribution in [2.45, 2.75) is 6.36 Å². The highest BCUT2D eigenvalue weighted by atomic mass is 19.4. The molecule has 102 valence electrons. The van der Waals surface area contributed by atoms with Crippen LogP contribution in [0.5, 0.6) is 5.75 Å². The summed E-state index contributed by atoms with van der Waals surface area (Å²) in [4.78, 5) is 7.56. The van der Waals surface area contributed by atoms with Crippen LogP contribution in [0.3, 0.4) is 0 Å². The molecule has 1 aromatic heterocycles. The van der Waals surface area contributed by atoms with Crippen molar-refractivity contribution in [3.8, 4) is 11.8 Å². The molecule has 0 saturated heterocycles. The van der Waals surface area contributed by atoms with Gasteiger partial charge in [-0.15, -0.1) is 13.2 Å². The molecule has 0 atom stereocenters. The summed E-state index contributed by atoms with van der Waals surface area (Å²) in [7, 11) is 0. The van der Waals surface area contributed by atoms with Gasteiger partial charge in [0.15, 0.2) is 5.82 Å². The second kappa shape index (κ2) is 5.44. The lowest BCUT2D eigenvalue weighted by molar-refractivity contribution is -0.274. The molecule has 0 unspecified atom stereocenters. The van der Waals surface area contributed by atoms with Crippen LogP contribution in [0.15, 0.2) is 36.8 Å². The number of nitrogens with one attached hydrogen (secondary N) is 1. The van der Waals surface area contributed by atoms with E-state index < -0.39 is 6.36 Å². The normalized spacial score (nSPS) is 10.7. The fourth-order valence-corrected chi connectivity index (χ4v) is 1.39. The predicted octanol–water partition coefficient (Wildman–Crippen LogP) is 2.99. The summed E-state index contributed by atoms with van der Waals surface area (Å²) in [6.07, 6.45) is -2.14. The highest BCUT2D eigenvalue weighted by Gasteiger charge is 2.30. The van der Waals surface area contributed by atoms with Crippen LogP contribution >= 0.6 is 0 Å². The molecular weight excluding hydrogens is 273 g/mol. The summed E-state index contributed by atoms with van der Waals surface area (Å²) < 4.78 is 39.7. The fourth-order valence-electron chi connectivity index (χ4n) is 1.39. The number of nitriles is 1. The Morgan fingerprint density at radius 1 is 1.20 bits per heavy atom. The minimum absolute atomic E-state index is 0.225. The zero-order chi connectivity index (χ0) is 14.6. The Morgan fingerprint density at radius 3 is 2.50 bits per heavy atom. The van der Waals surface area contributed by atoms with Crippen molar-refractivity contribution >= 4 is 11.5 Å². The SMILES string of the molecule is N#Cc1cncnc1Nc1ccc(OC(F)(F)F)cc1. The molecule has 2 rings (SSSR count). The van der Waals surface area contributed by atoms with Crippen molar-refractivity contribution in [3.05, 3.63) is 42.4 Å². The molecule has 0 radical (unpaired) electrons. The van der Waals surface area contributed by atoms with Gasteiger partial charge in [0.05, 0.1) is 6.20 Å². The van der Waals surface area contributed by atoms with E-state index >= 15 is 0 Å². The number of ether oxygens (including phenoxy) is 1. The van der Waals surface area contributed by atoms with Gasteiger partial charge in [-0.3, -0.25) is 0 Å². The molecule has 0 aliphatic heterocycles. The van der Waals surface area contributed by atoms with Crippen molar-refractivity contribution < 1.29 is 17.9 Å². The van der Waals surface area contributed by atoms with Crippen LogP contribution < -0.4 is 10.1 Å². The van der Waals surface area contributed by atoms with Gasteiger partial charge in [-0.2, -0.15) is 5.26 Å². The highest BCUT2D eigenvalue weighted by molar-refractivity contribution is 5.62. The summed E-state index contributed by atoms with van der Waals surface area (Å²) >= 11 is 0. The minimum atomic E-state index is -4.73. The summed E-state index contributed by atoms with van der Waals surface area (Å²) in [5.41, 5.74) is 0.692. The molecule has 1 aromatic carbocycles. The van der Waals surface area contributed by atoms with Gasteiger partial charge in [-0.05, 0) is 24.3 Å². The molecule has 0 amide bonds. The number of alkyl halides is 3. The number of benzene rings is 1. The lowest BCUT2D eigenvalue weighted by atomic mass is 10.3. The van der Waals surface area contributed by atoms with Crippen LogP contribution in [0.25, 0.3) is 0 Å². The Hall–Kier alpha value is -2.82. The number of rotatable bonds is 3. The van der Waals surface area contributed by atoms with Crippen LogP contribution in [0.2, 0.25) is 0 Å². The van der Waals surface area contributed by atoms with Crippen molar-refractivity contribution in [3.63, 3.8) is 0 Å². The summed E-state index contributed by atoms with van der Waals surface area (Å²) in [5, 5.41) is 11.7. The molecule has 8 heteroatoms. The van der Waals surface area contributed by atoms with E-state index in [1.807, 2.05) is 6.07 Å². The third-order valence-electron chi connectivity index (χ3n) is 2.18. The van der Waals surface area contributed by atoms with E-state index in [0.29, 0.717) is 5.69 Å². The molecule has 1 N–H and O–H groups in total. The van der Waals surface area contributed by atoms with Crippen molar-refractivity contribution in [1.82, 2.24) is 9.97 Å². The lowest BCUT2D eigenvalue weighted by Crippen LogP contribution is -2.16. The zero-order valence-electron chi connectivity index (χ0n) is 9.85. The number of hydrogen-bond acceptors (Lipinski definition) is 5. The van der Waals surface area contributed by atoms with Crippen LogP contribution in [0.4, 0.5) is 24.7 Å². The number of nitrogens with zero attached hydrogens (tertiary/aromatic N) is 3. The number of anilines is 2. The Balaban J connectivity index is 2.13. The Labute approximate surface area is 111 Å². The van der Waals surface area contributed by atoms with Gasteiger partial charge in [0.1, 0.15) is 23.7 Å². The van der Waals surface area contributed by atoms with E-state index in [9.17, 15) is 13.2 Å². The largest absolute Gasteiger partial charge is 0.573 e. The highest BCUT2D eigenvalue weighted by Crippen LogP contribution is 2.25. The minimum Gasteiger partial charge on any atom is -0.406 e. The zero-order valence-corrected chi connectivity index (χ0v) is 9.85. The van der Waals surface area contributed by atoms with Gasteiger partial charge in [0.25, 0.3) is 0 Å². The molecule has 0 aliphatic carbocycles. The van der Waals surface area contributed by atoms with Crippen LogP contribution in [-0.4, -0.2) is 16.3 Å². The van der Waals surface area contributed by atoms with Gasteiger partial charge < -0.3 is 10.1 Å². The van der Waals surface area contributed by atoms with E-state index in [1.165, 1.54) is 24.7 Å². The first-order valence-corrected chi connectivity index (χ1v) is 5.31. The monoisotopic (exact) mass is 280 g/mol. The lowest BCUT2D eigenvalue weighted by Gasteiger charge is -2.10. The second-order valence-corrected chi connectivity index (χ2v) is 3.59. The Morgan fingerprint density at radius 2 is 1.90 bits per heavy atom. The maximum atomic E-state index is 12.0. The van der Waals surface area contributed by atoms with E-state index in [2.05, 4.69) is 20.0 Å². The summed E-state index contributed by atoms with van der Waals surface area (Å²) in [6, 6.07) is 6.97. The first-order chi connectivity index (χ1) is 9.48. The number of aromatic nitrogens is 2. The number of hydrogen-bond donors (Lipinski definition) is 1. The fraction of sp³-hybridized carbons (Fsp3) is 0.0833. The Bertz CT molecular complexity index is 634. The predicted molar refractivity (Wildman–Crippen MR) is 63.2 cm³/mol. The first kappa shape index (κ1) is 13.6. The van der Waals surface area contributed by atoms with E-state index in [4.69, 9.17) is 5.26 Å². The maximum absolute atomic E-state index is 12.0. The van der Waals surface area contributed by atoms with Gasteiger partial charge in [-0.25, -0.2) is 9.97 Å². The summed E-state index contributed by atoms with van der Waals surface area (Å²) in [5.74, 6) is -0.0572. The molecule has 1 heterocycles. The average molecular weight is 280 g/mol. The molecule has 20 heavy (non-hydrogen) atoms. The van der Waals surface area contributed by atoms with E-state index in [-0.39, 0.29) is 17.1 Å². The van der Waals surface area contributed by atoms with Gasteiger partial charge in [0, 0.05) is 5.69 Å². The smallest absolute Gasteiger partial charge is 0.406 e. The van der Waals surface area contributed by atoms with E-state index in [1.54, 1.807) is 0 Å². The Kier molecular flexibility index (Phi) is 3.70. The van der Waals surface area contributed by atoms with Crippen molar-refractivity contribution in [2.24, 2.45) is 0 Å². The van der Waals surface area contributed by atoms with Crippen molar-refractivity contribution in [1.29, 1.82) is 5.26 Å². The van der Waals surface area contributed by atoms with Gasteiger partial charge in [-0.1, -0.05) is 0 Å². The van der Waals surface area contributed by atoms with Crippen LogP contribution in [0.1, 0.15) is 5.56 Å². The van der Waals surface area contributed by atoms with Crippen LogP contribution in [-0.2, 0) is 0 Å². The molecule has 0 fully saturated rings. The maximum Gasteiger partial charge on any atom is 0.573 e. The molecule has 0 aliphatic rings. The van der Waals surface area contributed by atoms with E-state index in [0.717, 1.165) is 12.1 Å². The summed E-state index contributed by atoms with van der Waals surface area (Å²) in [6.45, 7) is 0. The quantitative estimate of drug-likeness (QED) is 0.935. The molecule has 0 spiro atoms. The standard InChI is InChI=1S/C12H7F3N4O/c13-12(14,15)20-10-3-1-9(2-4-10)19-11-8(5-16)6-17-7-18-11/h1-4,6-7H,(H,17,18,19). The third kappa shape index (κ3) is 3.58. The van der Waals surface area contributed by atoms with Gasteiger partial charge in [0.2, 0.25) is 0 Å².